The summed E-state index contributed by atoms with van der Waals surface area (Å²) in [6, 6.07) is 23.1. The summed E-state index contributed by atoms with van der Waals surface area (Å²) in [5.74, 6) is -0.428. The van der Waals surface area contributed by atoms with Gasteiger partial charge < -0.3 is 0 Å². The first-order chi connectivity index (χ1) is 16.5. The van der Waals surface area contributed by atoms with Gasteiger partial charge >= 0.3 is 0 Å². The maximum atomic E-state index is 13.2. The summed E-state index contributed by atoms with van der Waals surface area (Å²) < 4.78 is 29.1. The van der Waals surface area contributed by atoms with Gasteiger partial charge in [0.05, 0.1) is 26.4 Å². The van der Waals surface area contributed by atoms with Crippen molar-refractivity contribution in [2.75, 3.05) is 10.0 Å². The Morgan fingerprint density at radius 3 is 2.50 bits per heavy atom. The van der Waals surface area contributed by atoms with Crippen LogP contribution in [-0.2, 0) is 22.9 Å². The number of hydrogen-bond donors (Lipinski definition) is 2. The Bertz CT molecular complexity index is 1690. The van der Waals surface area contributed by atoms with Gasteiger partial charge in [-0.15, -0.1) is 0 Å². The van der Waals surface area contributed by atoms with Crippen molar-refractivity contribution in [3.63, 3.8) is 0 Å². The molecule has 0 fully saturated rings. The number of nitrogens with one attached hydrogen (secondary N) is 2. The second-order valence-corrected chi connectivity index (χ2v) is 10.9. The van der Waals surface area contributed by atoms with Crippen LogP contribution >= 0.6 is 11.3 Å². The smallest absolute Gasteiger partial charge is 0.261 e. The lowest BCUT2D eigenvalue weighted by atomic mass is 10.0. The Balaban J connectivity index is 1.33. The third-order valence-electron chi connectivity index (χ3n) is 6.04. The number of carbonyl (C=O) groups excluding carboxylic acids is 1. The Labute approximate surface area is 200 Å². The first kappa shape index (κ1) is 20.8. The average Bonchev–Trinajstić information content (AvgIpc) is 3.45. The van der Waals surface area contributed by atoms with E-state index in [9.17, 15) is 13.2 Å². The van der Waals surface area contributed by atoms with Crippen LogP contribution in [0.3, 0.4) is 0 Å². The minimum Gasteiger partial charge on any atom is -0.298 e. The topological polar surface area (TPSA) is 88.2 Å². The molecule has 6 nitrogen and oxygen atoms in total. The molecule has 0 radical (unpaired) electrons. The molecule has 0 spiro atoms. The average molecular weight is 486 g/mol. The van der Waals surface area contributed by atoms with Gasteiger partial charge in [-0.05, 0) is 59.7 Å². The number of aryl methyl sites for hydroxylation is 2. The lowest BCUT2D eigenvalue weighted by molar-refractivity contribution is 0.102. The van der Waals surface area contributed by atoms with E-state index in [4.69, 9.17) is 4.98 Å². The van der Waals surface area contributed by atoms with E-state index in [0.717, 1.165) is 28.4 Å². The predicted octanol–water partition coefficient (Wildman–Crippen LogP) is 5.60. The molecule has 0 unspecified atom stereocenters. The van der Waals surface area contributed by atoms with Gasteiger partial charge in [0, 0.05) is 5.39 Å². The minimum atomic E-state index is -3.83. The van der Waals surface area contributed by atoms with Gasteiger partial charge in [0.25, 0.3) is 15.9 Å². The molecule has 1 heterocycles. The van der Waals surface area contributed by atoms with Gasteiger partial charge in [-0.3, -0.25) is 14.8 Å². The quantitative estimate of drug-likeness (QED) is 0.339. The Kier molecular flexibility index (Phi) is 4.86. The van der Waals surface area contributed by atoms with E-state index in [1.165, 1.54) is 40.0 Å². The summed E-state index contributed by atoms with van der Waals surface area (Å²) >= 11 is 1.42. The predicted molar refractivity (Wildman–Crippen MR) is 136 cm³/mol. The van der Waals surface area contributed by atoms with Crippen LogP contribution < -0.4 is 10.0 Å². The molecule has 6 rings (SSSR count). The molecule has 0 saturated carbocycles. The fourth-order valence-corrected chi connectivity index (χ4v) is 6.54. The third kappa shape index (κ3) is 3.52. The molecule has 8 heteroatoms. The van der Waals surface area contributed by atoms with Crippen LogP contribution in [0.1, 0.15) is 21.5 Å². The second-order valence-electron chi connectivity index (χ2n) is 8.16. The van der Waals surface area contributed by atoms with Gasteiger partial charge in [0.2, 0.25) is 0 Å². The van der Waals surface area contributed by atoms with Crippen molar-refractivity contribution in [1.29, 1.82) is 0 Å². The van der Waals surface area contributed by atoms with Gasteiger partial charge in [0.15, 0.2) is 5.13 Å². The molecule has 0 aliphatic heterocycles. The van der Waals surface area contributed by atoms with E-state index in [1.807, 2.05) is 0 Å². The van der Waals surface area contributed by atoms with E-state index in [0.29, 0.717) is 5.13 Å². The molecular formula is C26H19N3O3S2. The lowest BCUT2D eigenvalue weighted by Crippen LogP contribution is -2.18. The van der Waals surface area contributed by atoms with E-state index < -0.39 is 15.9 Å². The van der Waals surface area contributed by atoms with Gasteiger partial charge in [-0.1, -0.05) is 59.9 Å². The lowest BCUT2D eigenvalue weighted by Gasteiger charge is -2.12. The van der Waals surface area contributed by atoms with Crippen LogP contribution in [0.2, 0.25) is 0 Å². The zero-order valence-corrected chi connectivity index (χ0v) is 19.5. The maximum Gasteiger partial charge on any atom is 0.261 e. The first-order valence-electron chi connectivity index (χ1n) is 10.8. The van der Waals surface area contributed by atoms with Crippen molar-refractivity contribution in [3.05, 3.63) is 95.6 Å². The zero-order valence-electron chi connectivity index (χ0n) is 17.9. The molecule has 1 amide bonds. The summed E-state index contributed by atoms with van der Waals surface area (Å²) in [6.07, 6.45) is 2.06. The third-order valence-corrected chi connectivity index (χ3v) is 8.34. The highest BCUT2D eigenvalue weighted by Gasteiger charge is 2.21. The molecule has 0 bridgehead atoms. The van der Waals surface area contributed by atoms with Crippen LogP contribution in [0, 0.1) is 0 Å². The SMILES string of the molecule is O=C(Nc1nc2c(cc3c4c(cccc42)CC3)s1)c1ccccc1NS(=O)(=O)c1ccccc1. The molecule has 34 heavy (non-hydrogen) atoms. The highest BCUT2D eigenvalue weighted by atomic mass is 32.2. The highest BCUT2D eigenvalue weighted by Crippen LogP contribution is 2.39. The molecular weight excluding hydrogens is 466 g/mol. The number of sulfonamides is 1. The Morgan fingerprint density at radius 1 is 0.882 bits per heavy atom. The summed E-state index contributed by atoms with van der Waals surface area (Å²) in [5, 5.41) is 5.72. The number of nitrogens with zero attached hydrogens (tertiary/aromatic N) is 1. The van der Waals surface area contributed by atoms with Crippen molar-refractivity contribution in [3.8, 4) is 0 Å². The van der Waals surface area contributed by atoms with E-state index in [-0.39, 0.29) is 16.1 Å². The van der Waals surface area contributed by atoms with Crippen LogP contribution in [-0.4, -0.2) is 19.3 Å². The van der Waals surface area contributed by atoms with Crippen LogP contribution in [0.15, 0.2) is 83.8 Å². The number of fused-ring (bicyclic) bond motifs is 2. The first-order valence-corrected chi connectivity index (χ1v) is 13.1. The monoisotopic (exact) mass is 485 g/mol. The molecule has 0 atom stereocenters. The Hall–Kier alpha value is -3.75. The summed E-state index contributed by atoms with van der Waals surface area (Å²) in [4.78, 5) is 18.0. The number of anilines is 2. The molecule has 1 aromatic heterocycles. The van der Waals surface area contributed by atoms with Crippen molar-refractivity contribution in [2.45, 2.75) is 17.7 Å². The zero-order chi connectivity index (χ0) is 23.3. The Morgan fingerprint density at radius 2 is 1.65 bits per heavy atom. The number of benzene rings is 4. The number of aromatic nitrogens is 1. The number of thiazole rings is 1. The van der Waals surface area contributed by atoms with Crippen molar-refractivity contribution in [1.82, 2.24) is 4.98 Å². The fourth-order valence-electron chi connectivity index (χ4n) is 4.50. The number of rotatable bonds is 5. The molecule has 168 valence electrons. The van der Waals surface area contributed by atoms with Crippen LogP contribution in [0.4, 0.5) is 10.8 Å². The molecule has 4 aromatic carbocycles. The maximum absolute atomic E-state index is 13.2. The van der Waals surface area contributed by atoms with Crippen LogP contribution in [0.5, 0.6) is 0 Å². The molecule has 1 aliphatic carbocycles. The second kappa shape index (κ2) is 7.93. The van der Waals surface area contributed by atoms with E-state index in [2.05, 4.69) is 34.3 Å². The number of amides is 1. The molecule has 2 N–H and O–H groups in total. The van der Waals surface area contributed by atoms with Gasteiger partial charge in [0.1, 0.15) is 0 Å². The van der Waals surface area contributed by atoms with E-state index in [1.54, 1.807) is 42.5 Å². The van der Waals surface area contributed by atoms with Crippen molar-refractivity contribution < 1.29 is 13.2 Å². The highest BCUT2D eigenvalue weighted by molar-refractivity contribution is 7.92. The molecule has 0 saturated heterocycles. The largest absolute Gasteiger partial charge is 0.298 e. The summed E-state index contributed by atoms with van der Waals surface area (Å²) in [7, 11) is -3.83. The van der Waals surface area contributed by atoms with Crippen molar-refractivity contribution >= 4 is 59.1 Å². The normalized spacial score (nSPS) is 12.8. The number of para-hydroxylation sites is 1. The van der Waals surface area contributed by atoms with Crippen LogP contribution in [0.25, 0.3) is 21.0 Å². The molecule has 1 aliphatic rings. The molecule has 5 aromatic rings. The summed E-state index contributed by atoms with van der Waals surface area (Å²) in [5.41, 5.74) is 3.96. The standard InChI is InChI=1S/C26H19N3O3S2/c30-25(19-10-4-5-12-21(19)29-34(31,32)18-8-2-1-3-9-18)28-26-27-24-20-11-6-7-16-13-14-17(23(16)20)15-22(24)33-26/h1-12,15,29H,13-14H2,(H,27,28,30). The van der Waals surface area contributed by atoms with Gasteiger partial charge in [-0.2, -0.15) is 0 Å². The van der Waals surface area contributed by atoms with Gasteiger partial charge in [-0.25, -0.2) is 13.4 Å². The minimum absolute atomic E-state index is 0.125. The summed E-state index contributed by atoms with van der Waals surface area (Å²) in [6.45, 7) is 0. The van der Waals surface area contributed by atoms with Crippen molar-refractivity contribution in [2.24, 2.45) is 0 Å². The fraction of sp³-hybridized carbons (Fsp3) is 0.0769. The number of hydrogen-bond acceptors (Lipinski definition) is 5. The number of carbonyl (C=O) groups is 1. The van der Waals surface area contributed by atoms with E-state index >= 15 is 0 Å².